The van der Waals surface area contributed by atoms with Gasteiger partial charge in [0, 0.05) is 12.1 Å². The molecule has 0 saturated heterocycles. The molecule has 1 aliphatic rings. The molecule has 3 rings (SSSR count). The van der Waals surface area contributed by atoms with Gasteiger partial charge in [-0.2, -0.15) is 0 Å². The zero-order valence-electron chi connectivity index (χ0n) is 17.8. The van der Waals surface area contributed by atoms with Gasteiger partial charge in [0.15, 0.2) is 18.1 Å². The van der Waals surface area contributed by atoms with Crippen molar-refractivity contribution in [2.45, 2.75) is 26.4 Å². The van der Waals surface area contributed by atoms with E-state index in [1.165, 1.54) is 19.1 Å². The normalized spacial score (nSPS) is 13.8. The summed E-state index contributed by atoms with van der Waals surface area (Å²) in [6.07, 6.45) is 0. The van der Waals surface area contributed by atoms with Gasteiger partial charge in [0.1, 0.15) is 11.8 Å². The van der Waals surface area contributed by atoms with Gasteiger partial charge in [0.2, 0.25) is 11.7 Å². The molecule has 1 heterocycles. The molecular weight excluding hydrogens is 388 g/mol. The fourth-order valence-electron chi connectivity index (χ4n) is 3.46. The molecule has 0 saturated carbocycles. The third-order valence-electron chi connectivity index (χ3n) is 5.00. The topological polar surface area (TPSA) is 86.3 Å². The van der Waals surface area contributed by atoms with Crippen LogP contribution >= 0.6 is 0 Å². The Morgan fingerprint density at radius 2 is 1.87 bits per heavy atom. The molecule has 2 amide bonds. The molecular formula is C22H26N2O6. The number of hydrogen-bond acceptors (Lipinski definition) is 6. The fourth-order valence-corrected chi connectivity index (χ4v) is 3.46. The number of rotatable bonds is 7. The minimum atomic E-state index is -0.715. The third-order valence-corrected chi connectivity index (χ3v) is 5.00. The van der Waals surface area contributed by atoms with Gasteiger partial charge < -0.3 is 24.3 Å². The maximum absolute atomic E-state index is 12.9. The van der Waals surface area contributed by atoms with Gasteiger partial charge in [-0.1, -0.05) is 6.07 Å². The summed E-state index contributed by atoms with van der Waals surface area (Å²) >= 11 is 0. The number of aryl methyl sites for hydroxylation is 1. The molecule has 1 N–H and O–H groups in total. The Morgan fingerprint density at radius 1 is 1.13 bits per heavy atom. The van der Waals surface area contributed by atoms with Crippen molar-refractivity contribution in [3.63, 3.8) is 0 Å². The van der Waals surface area contributed by atoms with Crippen molar-refractivity contribution in [3.05, 3.63) is 41.5 Å². The predicted octanol–water partition coefficient (Wildman–Crippen LogP) is 2.45. The van der Waals surface area contributed by atoms with Crippen LogP contribution in [0.15, 0.2) is 30.3 Å². The number of carbonyl (C=O) groups is 2. The molecule has 160 valence electrons. The lowest BCUT2D eigenvalue weighted by Gasteiger charge is -2.33. The summed E-state index contributed by atoms with van der Waals surface area (Å²) in [6, 6.07) is 8.38. The Kier molecular flexibility index (Phi) is 6.34. The monoisotopic (exact) mass is 414 g/mol. The average molecular weight is 414 g/mol. The van der Waals surface area contributed by atoms with Crippen LogP contribution in [0.25, 0.3) is 0 Å². The molecule has 2 aromatic carbocycles. The van der Waals surface area contributed by atoms with E-state index in [1.54, 1.807) is 26.2 Å². The summed E-state index contributed by atoms with van der Waals surface area (Å²) in [4.78, 5) is 26.9. The first-order valence-corrected chi connectivity index (χ1v) is 9.52. The van der Waals surface area contributed by atoms with Crippen LogP contribution in [-0.2, 0) is 16.1 Å². The lowest BCUT2D eigenvalue weighted by Crippen LogP contribution is -2.51. The number of fused-ring (bicyclic) bond motifs is 1. The second kappa shape index (κ2) is 8.94. The van der Waals surface area contributed by atoms with Crippen molar-refractivity contribution in [2.75, 3.05) is 32.8 Å². The van der Waals surface area contributed by atoms with E-state index in [1.807, 2.05) is 25.1 Å². The molecule has 0 spiro atoms. The highest BCUT2D eigenvalue weighted by Gasteiger charge is 2.33. The molecule has 8 heteroatoms. The van der Waals surface area contributed by atoms with Crippen LogP contribution in [0.1, 0.15) is 18.1 Å². The van der Waals surface area contributed by atoms with Gasteiger partial charge in [-0.05, 0) is 43.7 Å². The lowest BCUT2D eigenvalue weighted by molar-refractivity contribution is -0.127. The van der Waals surface area contributed by atoms with Crippen molar-refractivity contribution in [1.29, 1.82) is 0 Å². The molecule has 8 nitrogen and oxygen atoms in total. The predicted molar refractivity (Wildman–Crippen MR) is 112 cm³/mol. The molecule has 1 unspecified atom stereocenters. The highest BCUT2D eigenvalue weighted by Crippen LogP contribution is 2.39. The van der Waals surface area contributed by atoms with Crippen LogP contribution in [-0.4, -0.2) is 45.8 Å². The molecule has 0 aromatic heterocycles. The smallest absolute Gasteiger partial charge is 0.265 e. The minimum Gasteiger partial charge on any atom is -0.493 e. The van der Waals surface area contributed by atoms with Crippen molar-refractivity contribution < 1.29 is 28.5 Å². The van der Waals surface area contributed by atoms with Crippen LogP contribution in [0.3, 0.4) is 0 Å². The molecule has 0 fully saturated rings. The summed E-state index contributed by atoms with van der Waals surface area (Å²) in [5, 5.41) is 2.88. The number of hydrogen-bond donors (Lipinski definition) is 1. The van der Waals surface area contributed by atoms with Gasteiger partial charge in [-0.15, -0.1) is 0 Å². The van der Waals surface area contributed by atoms with E-state index in [4.69, 9.17) is 18.9 Å². The number of carbonyl (C=O) groups excluding carboxylic acids is 2. The van der Waals surface area contributed by atoms with Crippen LogP contribution < -0.4 is 29.2 Å². The molecule has 0 radical (unpaired) electrons. The summed E-state index contributed by atoms with van der Waals surface area (Å²) in [7, 11) is 4.59. The first-order chi connectivity index (χ1) is 14.4. The van der Waals surface area contributed by atoms with Gasteiger partial charge in [0.05, 0.1) is 27.0 Å². The zero-order valence-corrected chi connectivity index (χ0v) is 17.8. The van der Waals surface area contributed by atoms with Crippen molar-refractivity contribution in [2.24, 2.45) is 0 Å². The Morgan fingerprint density at radius 3 is 2.53 bits per heavy atom. The van der Waals surface area contributed by atoms with Crippen LogP contribution in [0, 0.1) is 6.92 Å². The number of amides is 2. The van der Waals surface area contributed by atoms with Crippen LogP contribution in [0.2, 0.25) is 0 Å². The summed E-state index contributed by atoms with van der Waals surface area (Å²) in [5.74, 6) is 1.49. The second-order valence-corrected chi connectivity index (χ2v) is 6.91. The number of methoxy groups -OCH3 is 3. The average Bonchev–Trinajstić information content (AvgIpc) is 2.75. The van der Waals surface area contributed by atoms with Crippen LogP contribution in [0.5, 0.6) is 23.0 Å². The SMILES string of the molecule is COc1ccc(CNC(=O)C(C)N2C(=O)COc3ccc(C)cc32)c(OC)c1OC. The van der Waals surface area contributed by atoms with E-state index in [2.05, 4.69) is 5.32 Å². The highest BCUT2D eigenvalue weighted by atomic mass is 16.5. The second-order valence-electron chi connectivity index (χ2n) is 6.91. The van der Waals surface area contributed by atoms with Crippen LogP contribution in [0.4, 0.5) is 5.69 Å². The molecule has 2 aromatic rings. The Labute approximate surface area is 175 Å². The fraction of sp³-hybridized carbons (Fsp3) is 0.364. The third kappa shape index (κ3) is 3.98. The molecule has 0 aliphatic carbocycles. The lowest BCUT2D eigenvalue weighted by atomic mass is 10.1. The van der Waals surface area contributed by atoms with Gasteiger partial charge >= 0.3 is 0 Å². The first-order valence-electron chi connectivity index (χ1n) is 9.52. The Hall–Kier alpha value is -3.42. The standard InChI is InChI=1S/C22H26N2O6/c1-13-6-8-17-16(10-13)24(19(25)12-30-17)14(2)22(26)23-11-15-7-9-18(27-3)21(29-5)20(15)28-4/h6-10,14H,11-12H2,1-5H3,(H,23,26). The van der Waals surface area contributed by atoms with E-state index in [0.717, 1.165) is 11.1 Å². The van der Waals surface area contributed by atoms with Crippen molar-refractivity contribution >= 4 is 17.5 Å². The summed E-state index contributed by atoms with van der Waals surface area (Å²) in [5.41, 5.74) is 2.29. The van der Waals surface area contributed by atoms with Gasteiger partial charge in [-0.25, -0.2) is 0 Å². The highest BCUT2D eigenvalue weighted by molar-refractivity contribution is 6.03. The largest absolute Gasteiger partial charge is 0.493 e. The van der Waals surface area contributed by atoms with E-state index in [9.17, 15) is 9.59 Å². The molecule has 30 heavy (non-hydrogen) atoms. The number of nitrogens with one attached hydrogen (secondary N) is 1. The maximum atomic E-state index is 12.9. The van der Waals surface area contributed by atoms with E-state index in [0.29, 0.717) is 28.7 Å². The summed E-state index contributed by atoms with van der Waals surface area (Å²) in [6.45, 7) is 3.71. The number of anilines is 1. The molecule has 1 aliphatic heterocycles. The van der Waals surface area contributed by atoms with E-state index in [-0.39, 0.29) is 25.0 Å². The molecule has 0 bridgehead atoms. The zero-order chi connectivity index (χ0) is 21.8. The Balaban J connectivity index is 1.79. The quantitative estimate of drug-likeness (QED) is 0.749. The molecule has 1 atom stereocenters. The Bertz CT molecular complexity index is 959. The van der Waals surface area contributed by atoms with Gasteiger partial charge in [-0.3, -0.25) is 14.5 Å². The summed E-state index contributed by atoms with van der Waals surface area (Å²) < 4.78 is 21.6. The number of benzene rings is 2. The van der Waals surface area contributed by atoms with Crippen molar-refractivity contribution in [1.82, 2.24) is 5.32 Å². The van der Waals surface area contributed by atoms with E-state index >= 15 is 0 Å². The number of nitrogens with zero attached hydrogens (tertiary/aromatic N) is 1. The van der Waals surface area contributed by atoms with Gasteiger partial charge in [0.25, 0.3) is 5.91 Å². The maximum Gasteiger partial charge on any atom is 0.265 e. The van der Waals surface area contributed by atoms with Crippen molar-refractivity contribution in [3.8, 4) is 23.0 Å². The minimum absolute atomic E-state index is 0.100. The number of ether oxygens (including phenoxy) is 4. The first kappa shape index (κ1) is 21.3. The van der Waals surface area contributed by atoms with E-state index < -0.39 is 6.04 Å².